The first kappa shape index (κ1) is 31.2. The van der Waals surface area contributed by atoms with Gasteiger partial charge in [0.25, 0.3) is 5.82 Å². The van der Waals surface area contributed by atoms with E-state index in [0.29, 0.717) is 24.2 Å². The molecule has 224 valence electrons. The van der Waals surface area contributed by atoms with E-state index < -0.39 is 11.9 Å². The molecule has 0 aliphatic rings. The Morgan fingerprint density at radius 3 is 1.73 bits per heavy atom. The molecule has 7 nitrogen and oxygen atoms in total. The quantitative estimate of drug-likeness (QED) is 0.0957. The van der Waals surface area contributed by atoms with Crippen LogP contribution in [0.5, 0.6) is 0 Å². The van der Waals surface area contributed by atoms with Gasteiger partial charge in [0.15, 0.2) is 5.69 Å². The minimum atomic E-state index is -0.956. The molecule has 0 radical (unpaired) electrons. The molecule has 5 rings (SSSR count). The van der Waals surface area contributed by atoms with Gasteiger partial charge in [-0.3, -0.25) is 0 Å². The van der Waals surface area contributed by atoms with E-state index in [1.807, 2.05) is 72.8 Å². The number of aliphatic hydroxyl groups is 1. The van der Waals surface area contributed by atoms with Gasteiger partial charge in [-0.2, -0.15) is 0 Å². The molecule has 0 aliphatic heterocycles. The highest BCUT2D eigenvalue weighted by molar-refractivity contribution is 14.1. The summed E-state index contributed by atoms with van der Waals surface area (Å²) in [5.74, 6) is -1.10. The van der Waals surface area contributed by atoms with Gasteiger partial charge in [-0.05, 0) is 51.9 Å². The van der Waals surface area contributed by atoms with Crippen LogP contribution >= 0.6 is 22.6 Å². The molecule has 0 spiro atoms. The van der Waals surface area contributed by atoms with Gasteiger partial charge < -0.3 is 15.3 Å². The summed E-state index contributed by atoms with van der Waals surface area (Å²) >= 11 is 2.38. The number of hydrogen-bond acceptors (Lipinski definition) is 3. The van der Waals surface area contributed by atoms with Crippen molar-refractivity contribution in [3.05, 3.63) is 135 Å². The Morgan fingerprint density at radius 1 is 0.750 bits per heavy atom. The fourth-order valence-electron chi connectivity index (χ4n) is 5.57. The van der Waals surface area contributed by atoms with Crippen molar-refractivity contribution in [1.29, 1.82) is 0 Å². The number of carbonyl (C=O) groups is 2. The first-order valence-electron chi connectivity index (χ1n) is 14.6. The molecule has 0 aliphatic carbocycles. The van der Waals surface area contributed by atoms with Gasteiger partial charge in [-0.25, -0.2) is 18.7 Å². The smallest absolute Gasteiger partial charge is 0.336 e. The SMILES string of the molecule is CCCCc1c(I)[n+](Cc2ccc(-c3ccccc3C(=O)O)cc2)c(CO)n1Cc1ccc(-c2ccccc2C(=O)O)cc1. The number of rotatable bonds is 12. The molecule has 0 bridgehead atoms. The lowest BCUT2D eigenvalue weighted by atomic mass is 9.98. The van der Waals surface area contributed by atoms with E-state index in [9.17, 15) is 24.9 Å². The molecule has 1 heterocycles. The van der Waals surface area contributed by atoms with E-state index in [4.69, 9.17) is 0 Å². The fourth-order valence-corrected chi connectivity index (χ4v) is 6.58. The zero-order chi connectivity index (χ0) is 31.2. The molecule has 44 heavy (non-hydrogen) atoms. The minimum absolute atomic E-state index is 0.129. The number of carboxylic acid groups (broad SMARTS) is 2. The molecule has 8 heteroatoms. The number of aromatic nitrogens is 2. The predicted octanol–water partition coefficient (Wildman–Crippen LogP) is 7.04. The van der Waals surface area contributed by atoms with Gasteiger partial charge in [0.05, 0.1) is 11.1 Å². The lowest BCUT2D eigenvalue weighted by Crippen LogP contribution is -2.41. The summed E-state index contributed by atoms with van der Waals surface area (Å²) in [6.45, 7) is 3.17. The Hall–Kier alpha value is -4.28. The van der Waals surface area contributed by atoms with Gasteiger partial charge in [-0.1, -0.05) is 98.3 Å². The third-order valence-corrected chi connectivity index (χ3v) is 9.06. The summed E-state index contributed by atoms with van der Waals surface area (Å²) in [7, 11) is 0. The van der Waals surface area contributed by atoms with Crippen molar-refractivity contribution in [1.82, 2.24) is 4.57 Å². The van der Waals surface area contributed by atoms with Gasteiger partial charge in [-0.15, -0.1) is 0 Å². The van der Waals surface area contributed by atoms with Crippen LogP contribution in [0.15, 0.2) is 97.1 Å². The van der Waals surface area contributed by atoms with Crippen molar-refractivity contribution in [2.24, 2.45) is 0 Å². The zero-order valence-corrected chi connectivity index (χ0v) is 26.6. The van der Waals surface area contributed by atoms with Crippen molar-refractivity contribution in [3.63, 3.8) is 0 Å². The average Bonchev–Trinajstić information content (AvgIpc) is 3.29. The molecule has 3 N–H and O–H groups in total. The average molecular weight is 702 g/mol. The van der Waals surface area contributed by atoms with Gasteiger partial charge in [0.1, 0.15) is 19.7 Å². The number of nitrogens with zero attached hydrogens (tertiary/aromatic N) is 2. The maximum absolute atomic E-state index is 11.7. The van der Waals surface area contributed by atoms with Crippen LogP contribution in [0.1, 0.15) is 63.1 Å². The number of halogens is 1. The van der Waals surface area contributed by atoms with Crippen molar-refractivity contribution >= 4 is 34.5 Å². The first-order chi connectivity index (χ1) is 21.3. The number of aliphatic hydroxyl groups excluding tert-OH is 1. The molecule has 5 aromatic rings. The molecular formula is C36H34IN2O5+. The van der Waals surface area contributed by atoms with Crippen LogP contribution in [0.3, 0.4) is 0 Å². The maximum atomic E-state index is 11.7. The molecule has 0 saturated heterocycles. The Morgan fingerprint density at radius 2 is 1.25 bits per heavy atom. The summed E-state index contributed by atoms with van der Waals surface area (Å²) in [5, 5.41) is 29.8. The molecule has 0 unspecified atom stereocenters. The molecule has 4 aromatic carbocycles. The van der Waals surface area contributed by atoms with Crippen molar-refractivity contribution in [2.45, 2.75) is 45.9 Å². The Balaban J connectivity index is 1.45. The molecule has 0 fully saturated rings. The highest BCUT2D eigenvalue weighted by atomic mass is 127. The van der Waals surface area contributed by atoms with Crippen LogP contribution in [0, 0.1) is 3.70 Å². The van der Waals surface area contributed by atoms with Crippen LogP contribution in [-0.2, 0) is 26.1 Å². The van der Waals surface area contributed by atoms with Crippen LogP contribution in [0.2, 0.25) is 0 Å². The van der Waals surface area contributed by atoms with E-state index in [1.54, 1.807) is 24.3 Å². The highest BCUT2D eigenvalue weighted by Gasteiger charge is 2.29. The lowest BCUT2D eigenvalue weighted by Gasteiger charge is -2.09. The van der Waals surface area contributed by atoms with E-state index in [-0.39, 0.29) is 17.7 Å². The van der Waals surface area contributed by atoms with Crippen LogP contribution in [-0.4, -0.2) is 31.8 Å². The second-order valence-electron chi connectivity index (χ2n) is 10.7. The van der Waals surface area contributed by atoms with E-state index in [1.165, 1.54) is 5.69 Å². The van der Waals surface area contributed by atoms with E-state index in [0.717, 1.165) is 51.0 Å². The second kappa shape index (κ2) is 14.0. The van der Waals surface area contributed by atoms with E-state index in [2.05, 4.69) is 38.6 Å². The maximum Gasteiger partial charge on any atom is 0.336 e. The molecular weight excluding hydrogens is 667 g/mol. The topological polar surface area (TPSA) is 104 Å². The number of aromatic carboxylic acids is 2. The summed E-state index contributed by atoms with van der Waals surface area (Å²) in [5.41, 5.74) is 6.83. The summed E-state index contributed by atoms with van der Waals surface area (Å²) < 4.78 is 5.44. The monoisotopic (exact) mass is 701 g/mol. The number of unbranched alkanes of at least 4 members (excludes halogenated alkanes) is 1. The third kappa shape index (κ3) is 6.61. The van der Waals surface area contributed by atoms with Crippen LogP contribution < -0.4 is 4.57 Å². The number of benzene rings is 4. The number of imidazole rings is 1. The van der Waals surface area contributed by atoms with Crippen molar-refractivity contribution in [2.75, 3.05) is 0 Å². The highest BCUT2D eigenvalue weighted by Crippen LogP contribution is 2.27. The summed E-state index contributed by atoms with van der Waals surface area (Å²) in [6, 6.07) is 29.8. The zero-order valence-electron chi connectivity index (χ0n) is 24.4. The molecule has 1 aromatic heterocycles. The van der Waals surface area contributed by atoms with Crippen molar-refractivity contribution in [3.8, 4) is 22.3 Å². The largest absolute Gasteiger partial charge is 0.478 e. The Labute approximate surface area is 270 Å². The molecule has 0 atom stereocenters. The number of hydrogen-bond donors (Lipinski definition) is 3. The second-order valence-corrected chi connectivity index (χ2v) is 11.7. The fraction of sp³-hybridized carbons (Fsp3) is 0.194. The van der Waals surface area contributed by atoms with Crippen LogP contribution in [0.25, 0.3) is 22.3 Å². The normalized spacial score (nSPS) is 11.1. The standard InChI is InChI=1S/C36H33IN2O5/c1-2-3-12-32-34(37)39(22-25-15-19-27(20-16-25)29-9-5-7-11-31(29)36(43)44)33(23-40)38(32)21-24-13-17-26(18-14-24)28-8-4-6-10-30(28)35(41)42/h4-11,13-20,40H,2-3,12,21-23H2,1H3,(H-,41,42,43,44)/p+1. The number of carboxylic acids is 2. The van der Waals surface area contributed by atoms with Crippen molar-refractivity contribution < 1.29 is 29.5 Å². The van der Waals surface area contributed by atoms with Gasteiger partial charge in [0.2, 0.25) is 3.70 Å². The molecule has 0 amide bonds. The van der Waals surface area contributed by atoms with Gasteiger partial charge in [0, 0.05) is 29.0 Å². The first-order valence-corrected chi connectivity index (χ1v) is 15.6. The Bertz CT molecular complexity index is 1790. The lowest BCUT2D eigenvalue weighted by molar-refractivity contribution is -0.709. The predicted molar refractivity (Wildman–Crippen MR) is 178 cm³/mol. The minimum Gasteiger partial charge on any atom is -0.478 e. The van der Waals surface area contributed by atoms with E-state index >= 15 is 0 Å². The van der Waals surface area contributed by atoms with Gasteiger partial charge >= 0.3 is 11.9 Å². The Kier molecular flexibility index (Phi) is 9.92. The summed E-state index contributed by atoms with van der Waals surface area (Å²) in [4.78, 5) is 23.5. The molecule has 0 saturated carbocycles. The van der Waals surface area contributed by atoms with Crippen LogP contribution in [0.4, 0.5) is 0 Å². The third-order valence-electron chi connectivity index (χ3n) is 7.86. The summed E-state index contributed by atoms with van der Waals surface area (Å²) in [6.07, 6.45) is 2.95.